The van der Waals surface area contributed by atoms with E-state index in [1.807, 2.05) is 31.2 Å². The van der Waals surface area contributed by atoms with E-state index in [4.69, 9.17) is 4.98 Å². The Bertz CT molecular complexity index is 1230. The lowest BCUT2D eigenvalue weighted by Gasteiger charge is -2.13. The SMILES string of the molecule is CCCSc1nc2c([nH]c3ccccc32)c(=O)n1-c1ccc(OC(F)(F)F)cc1. The first-order valence-electron chi connectivity index (χ1n) is 8.90. The van der Waals surface area contributed by atoms with E-state index in [0.29, 0.717) is 21.9 Å². The smallest absolute Gasteiger partial charge is 0.406 e. The zero-order chi connectivity index (χ0) is 20.6. The second kappa shape index (κ2) is 7.47. The molecule has 0 bridgehead atoms. The molecule has 0 amide bonds. The zero-order valence-electron chi connectivity index (χ0n) is 15.3. The normalized spacial score (nSPS) is 12.0. The van der Waals surface area contributed by atoms with Gasteiger partial charge in [0.1, 0.15) is 16.8 Å². The minimum Gasteiger partial charge on any atom is -0.406 e. The number of fused-ring (bicyclic) bond motifs is 3. The molecule has 0 radical (unpaired) electrons. The van der Waals surface area contributed by atoms with Crippen LogP contribution in [0, 0.1) is 0 Å². The van der Waals surface area contributed by atoms with Crippen molar-refractivity contribution in [2.24, 2.45) is 0 Å². The van der Waals surface area contributed by atoms with E-state index in [9.17, 15) is 18.0 Å². The fraction of sp³-hybridized carbons (Fsp3) is 0.200. The standard InChI is InChI=1S/C20H16F3N3O2S/c1-2-11-29-19-25-16-14-5-3-4-6-15(14)24-17(16)18(27)26(19)12-7-9-13(10-8-12)28-20(21,22)23/h3-10,24H,2,11H2,1H3. The molecule has 150 valence electrons. The first kappa shape index (κ1) is 19.4. The molecule has 9 heteroatoms. The fourth-order valence-electron chi connectivity index (χ4n) is 3.06. The topological polar surface area (TPSA) is 59.9 Å². The van der Waals surface area contributed by atoms with Gasteiger partial charge in [-0.1, -0.05) is 36.9 Å². The van der Waals surface area contributed by atoms with E-state index < -0.39 is 6.36 Å². The molecule has 1 N–H and O–H groups in total. The van der Waals surface area contributed by atoms with Crippen molar-refractivity contribution >= 4 is 33.7 Å². The van der Waals surface area contributed by atoms with E-state index in [1.165, 1.54) is 40.6 Å². The van der Waals surface area contributed by atoms with Gasteiger partial charge in [0.2, 0.25) is 0 Å². The highest BCUT2D eigenvalue weighted by Gasteiger charge is 2.31. The maximum Gasteiger partial charge on any atom is 0.573 e. The predicted octanol–water partition coefficient (Wildman–Crippen LogP) is 5.27. The maximum atomic E-state index is 13.3. The third-order valence-corrected chi connectivity index (χ3v) is 5.40. The quantitative estimate of drug-likeness (QED) is 0.354. The molecule has 5 nitrogen and oxygen atoms in total. The molecule has 0 saturated heterocycles. The van der Waals surface area contributed by atoms with Gasteiger partial charge >= 0.3 is 6.36 Å². The van der Waals surface area contributed by atoms with Gasteiger partial charge in [0, 0.05) is 16.7 Å². The molecule has 4 aromatic rings. The van der Waals surface area contributed by atoms with Gasteiger partial charge in [-0.25, -0.2) is 4.98 Å². The predicted molar refractivity (Wildman–Crippen MR) is 107 cm³/mol. The molecule has 0 aliphatic carbocycles. The zero-order valence-corrected chi connectivity index (χ0v) is 16.1. The number of nitrogens with one attached hydrogen (secondary N) is 1. The van der Waals surface area contributed by atoms with Gasteiger partial charge in [-0.3, -0.25) is 9.36 Å². The van der Waals surface area contributed by atoms with Crippen LogP contribution in [0.2, 0.25) is 0 Å². The van der Waals surface area contributed by atoms with Crippen molar-refractivity contribution in [1.29, 1.82) is 0 Å². The van der Waals surface area contributed by atoms with Crippen LogP contribution in [0.1, 0.15) is 13.3 Å². The molecule has 0 saturated carbocycles. The van der Waals surface area contributed by atoms with Crippen molar-refractivity contribution in [2.75, 3.05) is 5.75 Å². The number of alkyl halides is 3. The average molecular weight is 419 g/mol. The summed E-state index contributed by atoms with van der Waals surface area (Å²) in [6, 6.07) is 12.7. The highest BCUT2D eigenvalue weighted by molar-refractivity contribution is 7.99. The lowest BCUT2D eigenvalue weighted by molar-refractivity contribution is -0.274. The van der Waals surface area contributed by atoms with Crippen molar-refractivity contribution in [3.63, 3.8) is 0 Å². The van der Waals surface area contributed by atoms with Crippen LogP contribution >= 0.6 is 11.8 Å². The molecule has 0 spiro atoms. The van der Waals surface area contributed by atoms with E-state index in [2.05, 4.69) is 9.72 Å². The maximum absolute atomic E-state index is 13.3. The molecule has 0 aliphatic rings. The number of hydrogen-bond acceptors (Lipinski definition) is 4. The number of benzene rings is 2. The van der Waals surface area contributed by atoms with Gasteiger partial charge in [0.05, 0.1) is 5.69 Å². The van der Waals surface area contributed by atoms with Gasteiger partial charge in [-0.05, 0) is 36.8 Å². The largest absolute Gasteiger partial charge is 0.573 e. The summed E-state index contributed by atoms with van der Waals surface area (Å²) in [6.07, 6.45) is -3.89. The molecular formula is C20H16F3N3O2S. The number of para-hydroxylation sites is 1. The summed E-state index contributed by atoms with van der Waals surface area (Å²) < 4.78 is 42.6. The van der Waals surface area contributed by atoms with E-state index in [1.54, 1.807) is 0 Å². The summed E-state index contributed by atoms with van der Waals surface area (Å²) in [5, 5.41) is 1.33. The number of hydrogen-bond donors (Lipinski definition) is 1. The summed E-state index contributed by atoms with van der Waals surface area (Å²) in [4.78, 5) is 21.1. The van der Waals surface area contributed by atoms with E-state index in [0.717, 1.165) is 23.1 Å². The van der Waals surface area contributed by atoms with Gasteiger partial charge in [0.25, 0.3) is 5.56 Å². The second-order valence-corrected chi connectivity index (χ2v) is 7.38. The van der Waals surface area contributed by atoms with E-state index >= 15 is 0 Å². The van der Waals surface area contributed by atoms with E-state index in [-0.39, 0.29) is 11.3 Å². The molecule has 0 fully saturated rings. The van der Waals surface area contributed by atoms with Crippen LogP contribution < -0.4 is 10.3 Å². The number of ether oxygens (including phenoxy) is 1. The van der Waals surface area contributed by atoms with Crippen molar-refractivity contribution < 1.29 is 17.9 Å². The third-order valence-electron chi connectivity index (χ3n) is 4.26. The fourth-order valence-corrected chi connectivity index (χ4v) is 3.92. The van der Waals surface area contributed by atoms with Crippen LogP contribution in [0.3, 0.4) is 0 Å². The molecule has 0 aliphatic heterocycles. The first-order chi connectivity index (χ1) is 13.9. The Kier molecular flexibility index (Phi) is 4.99. The molecule has 2 heterocycles. The van der Waals surface area contributed by atoms with Crippen LogP contribution in [0.25, 0.3) is 27.6 Å². The summed E-state index contributed by atoms with van der Waals surface area (Å²) in [7, 11) is 0. The highest BCUT2D eigenvalue weighted by Crippen LogP contribution is 2.28. The van der Waals surface area contributed by atoms with Gasteiger partial charge < -0.3 is 9.72 Å². The molecule has 2 aromatic carbocycles. The van der Waals surface area contributed by atoms with Crippen LogP contribution in [0.5, 0.6) is 5.75 Å². The first-order valence-corrected chi connectivity index (χ1v) is 9.88. The Balaban J connectivity index is 1.89. The van der Waals surface area contributed by atoms with Crippen LogP contribution in [0.4, 0.5) is 13.2 Å². The number of rotatable bonds is 5. The second-order valence-electron chi connectivity index (χ2n) is 6.32. The highest BCUT2D eigenvalue weighted by atomic mass is 32.2. The van der Waals surface area contributed by atoms with Gasteiger partial charge in [0.15, 0.2) is 5.16 Å². The summed E-state index contributed by atoms with van der Waals surface area (Å²) in [6.45, 7) is 2.02. The minimum atomic E-state index is -4.77. The number of nitrogens with zero attached hydrogens (tertiary/aromatic N) is 2. The summed E-state index contributed by atoms with van der Waals surface area (Å²) in [5.41, 5.74) is 1.83. The molecule has 0 unspecified atom stereocenters. The monoisotopic (exact) mass is 419 g/mol. The Morgan fingerprint density at radius 1 is 1.14 bits per heavy atom. The number of aromatic nitrogens is 3. The third kappa shape index (κ3) is 3.82. The number of H-pyrrole nitrogens is 1. The van der Waals surface area contributed by atoms with Crippen molar-refractivity contribution in [3.8, 4) is 11.4 Å². The molecule has 29 heavy (non-hydrogen) atoms. The van der Waals surface area contributed by atoms with Crippen molar-refractivity contribution in [1.82, 2.24) is 14.5 Å². The lowest BCUT2D eigenvalue weighted by atomic mass is 10.2. The molecular weight excluding hydrogens is 403 g/mol. The minimum absolute atomic E-state index is 0.311. The van der Waals surface area contributed by atoms with Crippen LogP contribution in [-0.2, 0) is 0 Å². The molecule has 0 atom stereocenters. The Hall–Kier alpha value is -2.94. The Morgan fingerprint density at radius 2 is 1.86 bits per heavy atom. The Morgan fingerprint density at radius 3 is 2.55 bits per heavy atom. The Labute approximate surface area is 167 Å². The van der Waals surface area contributed by atoms with Crippen LogP contribution in [0.15, 0.2) is 58.5 Å². The summed E-state index contributed by atoms with van der Waals surface area (Å²) in [5.74, 6) is 0.395. The van der Waals surface area contributed by atoms with Crippen molar-refractivity contribution in [2.45, 2.75) is 24.9 Å². The number of halogens is 3. The van der Waals surface area contributed by atoms with Gasteiger partial charge in [-0.15, -0.1) is 13.2 Å². The molecule has 4 rings (SSSR count). The lowest BCUT2D eigenvalue weighted by Crippen LogP contribution is -2.22. The molecule has 2 aromatic heterocycles. The number of aromatic amines is 1. The average Bonchev–Trinajstić information content (AvgIpc) is 3.05. The van der Waals surface area contributed by atoms with Crippen molar-refractivity contribution in [3.05, 3.63) is 58.9 Å². The van der Waals surface area contributed by atoms with Crippen LogP contribution in [-0.4, -0.2) is 26.7 Å². The number of thioether (sulfide) groups is 1. The van der Waals surface area contributed by atoms with Gasteiger partial charge in [-0.2, -0.15) is 0 Å². The summed E-state index contributed by atoms with van der Waals surface area (Å²) >= 11 is 1.42.